The molecule has 0 aliphatic rings. The summed E-state index contributed by atoms with van der Waals surface area (Å²) in [6, 6.07) is 34.0. The Balaban J connectivity index is 1.44. The Hall–Kier alpha value is -4.51. The Bertz CT molecular complexity index is 1850. The van der Waals surface area contributed by atoms with Crippen LogP contribution in [0.1, 0.15) is 255 Å². The van der Waals surface area contributed by atoms with Gasteiger partial charge in [0, 0.05) is 23.8 Å². The zero-order chi connectivity index (χ0) is 50.5. The number of anilines is 6. The number of hydrogen-bond acceptors (Lipinski definition) is 5. The first-order chi connectivity index (χ1) is 35.6. The van der Waals surface area contributed by atoms with Crippen LogP contribution in [0.2, 0.25) is 0 Å². The molecule has 5 aromatic rings. The lowest BCUT2D eigenvalue weighted by Gasteiger charge is -2.28. The van der Waals surface area contributed by atoms with Crippen molar-refractivity contribution in [3.63, 3.8) is 0 Å². The molecule has 0 saturated heterocycles. The van der Waals surface area contributed by atoms with Crippen molar-refractivity contribution in [2.24, 2.45) is 0 Å². The zero-order valence-electron chi connectivity index (χ0n) is 46.5. The summed E-state index contributed by atoms with van der Waals surface area (Å²) in [5, 5.41) is 0. The van der Waals surface area contributed by atoms with Crippen molar-refractivity contribution in [3.05, 3.63) is 126 Å². The molecule has 5 rings (SSSR count). The van der Waals surface area contributed by atoms with Gasteiger partial charge in [0.2, 0.25) is 0 Å². The largest absolute Gasteiger partial charge is 0.279 e. The van der Waals surface area contributed by atoms with Crippen LogP contribution in [0.15, 0.2) is 103 Å². The first-order valence-electron chi connectivity index (χ1n) is 30.3. The van der Waals surface area contributed by atoms with E-state index in [0.717, 1.165) is 60.3 Å². The number of rotatable bonds is 42. The van der Waals surface area contributed by atoms with Gasteiger partial charge in [0.15, 0.2) is 0 Å². The van der Waals surface area contributed by atoms with Gasteiger partial charge in [0.1, 0.15) is 23.3 Å². The summed E-state index contributed by atoms with van der Waals surface area (Å²) in [5.74, 6) is 3.57. The van der Waals surface area contributed by atoms with Crippen LogP contribution in [0.4, 0.5) is 34.6 Å². The van der Waals surface area contributed by atoms with E-state index in [1.54, 1.807) is 0 Å². The number of aromatic nitrogens is 3. The third-order valence-corrected chi connectivity index (χ3v) is 14.9. The van der Waals surface area contributed by atoms with Crippen molar-refractivity contribution < 1.29 is 0 Å². The molecule has 0 fully saturated rings. The summed E-state index contributed by atoms with van der Waals surface area (Å²) in [6.07, 6.45) is 50.7. The second kappa shape index (κ2) is 37.3. The van der Waals surface area contributed by atoms with Gasteiger partial charge in [-0.05, 0) is 134 Å². The summed E-state index contributed by atoms with van der Waals surface area (Å²) >= 11 is 0. The standard InChI is InChI=1S/C67H101N5/c1-5-9-13-17-21-25-29-33-40-58-44-37-46-62(54-58)71(66-56-60(50-52-68-66)42-35-31-27-23-19-15-11-7-3)64-48-39-49-65(70-64)72(63-47-38-45-59(55-63)41-34-30-26-22-18-14-10-6-2)67-57-61(51-53-69-67)43-36-32-28-24-20-16-12-8-4/h37-39,44-57H,5-36,40-43H2,1-4H3. The molecule has 5 heteroatoms. The maximum atomic E-state index is 5.64. The number of unbranched alkanes of at least 4 members (excludes halogenated alkanes) is 28. The molecule has 0 aliphatic heterocycles. The number of hydrogen-bond donors (Lipinski definition) is 0. The first kappa shape index (κ1) is 58.4. The first-order valence-corrected chi connectivity index (χ1v) is 30.3. The Morgan fingerprint density at radius 3 is 0.875 bits per heavy atom. The molecule has 0 unspecified atom stereocenters. The molecule has 72 heavy (non-hydrogen) atoms. The van der Waals surface area contributed by atoms with E-state index in [9.17, 15) is 0 Å². The number of aryl methyl sites for hydroxylation is 4. The van der Waals surface area contributed by atoms with Crippen LogP contribution in [-0.4, -0.2) is 15.0 Å². The molecule has 0 saturated carbocycles. The molecule has 0 aliphatic carbocycles. The Morgan fingerprint density at radius 1 is 0.278 bits per heavy atom. The van der Waals surface area contributed by atoms with E-state index in [1.165, 1.54) is 228 Å². The summed E-state index contributed by atoms with van der Waals surface area (Å²) in [6.45, 7) is 9.20. The van der Waals surface area contributed by atoms with E-state index >= 15 is 0 Å². The lowest BCUT2D eigenvalue weighted by molar-refractivity contribution is 0.575. The van der Waals surface area contributed by atoms with Gasteiger partial charge >= 0.3 is 0 Å². The van der Waals surface area contributed by atoms with Crippen LogP contribution in [0.3, 0.4) is 0 Å². The highest BCUT2D eigenvalue weighted by atomic mass is 15.3. The fourth-order valence-corrected chi connectivity index (χ4v) is 10.5. The smallest absolute Gasteiger partial charge is 0.141 e. The normalized spacial score (nSPS) is 11.4. The molecule has 3 heterocycles. The van der Waals surface area contributed by atoms with Crippen LogP contribution in [-0.2, 0) is 25.7 Å². The number of pyridine rings is 3. The minimum absolute atomic E-state index is 0.864. The molecule has 0 N–H and O–H groups in total. The van der Waals surface area contributed by atoms with Crippen molar-refractivity contribution in [1.82, 2.24) is 15.0 Å². The molecule has 0 amide bonds. The molecule has 0 radical (unpaired) electrons. The second-order valence-electron chi connectivity index (χ2n) is 21.3. The van der Waals surface area contributed by atoms with E-state index in [0.29, 0.717) is 0 Å². The van der Waals surface area contributed by atoms with Gasteiger partial charge in [-0.25, -0.2) is 15.0 Å². The highest BCUT2D eigenvalue weighted by Crippen LogP contribution is 2.38. The summed E-state index contributed by atoms with van der Waals surface area (Å²) in [7, 11) is 0. The summed E-state index contributed by atoms with van der Waals surface area (Å²) in [4.78, 5) is 20.5. The van der Waals surface area contributed by atoms with Crippen LogP contribution in [0.25, 0.3) is 0 Å². The zero-order valence-corrected chi connectivity index (χ0v) is 46.5. The highest BCUT2D eigenvalue weighted by Gasteiger charge is 2.21. The monoisotopic (exact) mass is 976 g/mol. The lowest BCUT2D eigenvalue weighted by Crippen LogP contribution is -2.17. The van der Waals surface area contributed by atoms with Gasteiger partial charge in [0.25, 0.3) is 0 Å². The average Bonchev–Trinajstić information content (AvgIpc) is 3.40. The molecular formula is C67H101N5. The summed E-state index contributed by atoms with van der Waals surface area (Å²) in [5.41, 5.74) is 7.66. The van der Waals surface area contributed by atoms with E-state index in [-0.39, 0.29) is 0 Å². The Kier molecular flexibility index (Phi) is 30.2. The van der Waals surface area contributed by atoms with Gasteiger partial charge in [-0.1, -0.05) is 238 Å². The van der Waals surface area contributed by atoms with Crippen LogP contribution < -0.4 is 9.80 Å². The van der Waals surface area contributed by atoms with Crippen molar-refractivity contribution in [2.75, 3.05) is 9.80 Å². The fourth-order valence-electron chi connectivity index (χ4n) is 10.5. The predicted octanol–water partition coefficient (Wildman–Crippen LogP) is 21.5. The molecule has 2 aromatic carbocycles. The van der Waals surface area contributed by atoms with Gasteiger partial charge in [-0.15, -0.1) is 0 Å². The average molecular weight is 977 g/mol. The van der Waals surface area contributed by atoms with Crippen LogP contribution in [0.5, 0.6) is 0 Å². The van der Waals surface area contributed by atoms with Gasteiger partial charge < -0.3 is 0 Å². The molecule has 0 spiro atoms. The fraction of sp³-hybridized carbons (Fsp3) is 0.597. The maximum Gasteiger partial charge on any atom is 0.141 e. The topological polar surface area (TPSA) is 45.2 Å². The highest BCUT2D eigenvalue weighted by molar-refractivity contribution is 5.77. The van der Waals surface area contributed by atoms with Crippen molar-refractivity contribution in [1.29, 1.82) is 0 Å². The lowest BCUT2D eigenvalue weighted by atomic mass is 10.0. The van der Waals surface area contributed by atoms with Crippen LogP contribution >= 0.6 is 0 Å². The molecule has 0 atom stereocenters. The van der Waals surface area contributed by atoms with E-state index in [4.69, 9.17) is 15.0 Å². The predicted molar refractivity (Wildman–Crippen MR) is 314 cm³/mol. The molecular weight excluding hydrogens is 875 g/mol. The van der Waals surface area contributed by atoms with Gasteiger partial charge in [0.05, 0.1) is 0 Å². The second-order valence-corrected chi connectivity index (χ2v) is 21.3. The Morgan fingerprint density at radius 2 is 0.556 bits per heavy atom. The van der Waals surface area contributed by atoms with Gasteiger partial charge in [-0.2, -0.15) is 0 Å². The quantitative estimate of drug-likeness (QED) is 0.0365. The van der Waals surface area contributed by atoms with Crippen molar-refractivity contribution >= 4 is 34.6 Å². The van der Waals surface area contributed by atoms with Crippen molar-refractivity contribution in [3.8, 4) is 0 Å². The third kappa shape index (κ3) is 22.7. The number of benzene rings is 2. The van der Waals surface area contributed by atoms with Crippen molar-refractivity contribution in [2.45, 2.75) is 259 Å². The molecule has 5 nitrogen and oxygen atoms in total. The van der Waals surface area contributed by atoms with Crippen LogP contribution in [0, 0.1) is 0 Å². The Labute approximate surface area is 441 Å². The minimum Gasteiger partial charge on any atom is -0.279 e. The van der Waals surface area contributed by atoms with Gasteiger partial charge in [-0.3, -0.25) is 9.80 Å². The third-order valence-electron chi connectivity index (χ3n) is 14.9. The number of nitrogens with zero attached hydrogens (tertiary/aromatic N) is 5. The maximum absolute atomic E-state index is 5.64. The molecule has 3 aromatic heterocycles. The van der Waals surface area contributed by atoms with E-state index in [2.05, 4.69) is 128 Å². The molecule has 0 bridgehead atoms. The minimum atomic E-state index is 0.864. The van der Waals surface area contributed by atoms with E-state index < -0.39 is 0 Å². The SMILES string of the molecule is CCCCCCCCCCc1cccc(N(c2cc(CCCCCCCCCC)ccn2)c2cccc(N(c3cccc(CCCCCCCCCC)c3)c3cc(CCCCCCCCCC)ccn3)n2)c1. The van der Waals surface area contributed by atoms with E-state index in [1.807, 2.05) is 12.4 Å². The summed E-state index contributed by atoms with van der Waals surface area (Å²) < 4.78 is 0. The molecule has 394 valence electrons.